The minimum atomic E-state index is -0.709. The Morgan fingerprint density at radius 3 is 2.88 bits per heavy atom. The maximum atomic E-state index is 12.9. The van der Waals surface area contributed by atoms with Gasteiger partial charge in [-0.25, -0.2) is 9.98 Å². The quantitative estimate of drug-likeness (QED) is 0.326. The van der Waals surface area contributed by atoms with E-state index in [0.29, 0.717) is 31.3 Å². The summed E-state index contributed by atoms with van der Waals surface area (Å²) in [5.41, 5.74) is 18.4. The first kappa shape index (κ1) is 25.2. The van der Waals surface area contributed by atoms with Crippen LogP contribution >= 0.6 is 11.8 Å². The van der Waals surface area contributed by atoms with Crippen LogP contribution in [0.15, 0.2) is 46.4 Å². The zero-order valence-corrected chi connectivity index (χ0v) is 19.7. The summed E-state index contributed by atoms with van der Waals surface area (Å²) in [5, 5.41) is 6.89. The molecule has 1 aromatic heterocycles. The van der Waals surface area contributed by atoms with Crippen molar-refractivity contribution in [2.75, 3.05) is 44.7 Å². The Kier molecular flexibility index (Phi) is 9.70. The fourth-order valence-electron chi connectivity index (χ4n) is 3.35. The molecule has 0 radical (unpaired) electrons. The van der Waals surface area contributed by atoms with E-state index in [4.69, 9.17) is 21.9 Å². The second-order valence-corrected chi connectivity index (χ2v) is 9.00. The number of hydrogen-bond donors (Lipinski definition) is 5. The number of unbranched alkanes of at least 4 members (excludes halogenated alkanes) is 1. The molecule has 2 aliphatic rings. The first-order valence-electron chi connectivity index (χ1n) is 11.2. The van der Waals surface area contributed by atoms with Crippen LogP contribution in [-0.2, 0) is 4.74 Å². The maximum absolute atomic E-state index is 12.9. The van der Waals surface area contributed by atoms with E-state index in [1.807, 2.05) is 6.07 Å². The van der Waals surface area contributed by atoms with Crippen LogP contribution < -0.4 is 27.8 Å². The van der Waals surface area contributed by atoms with E-state index < -0.39 is 6.17 Å². The third-order valence-corrected chi connectivity index (χ3v) is 6.17. The van der Waals surface area contributed by atoms with Crippen LogP contribution in [0.5, 0.6) is 0 Å². The molecular formula is C22H34N8O2S. The number of anilines is 1. The van der Waals surface area contributed by atoms with Crippen LogP contribution in [0.4, 0.5) is 5.82 Å². The van der Waals surface area contributed by atoms with Crippen LogP contribution in [0.3, 0.4) is 0 Å². The molecule has 1 fully saturated rings. The number of thioether (sulfide) groups is 1. The summed E-state index contributed by atoms with van der Waals surface area (Å²) in [6.45, 7) is 8.09. The van der Waals surface area contributed by atoms with Crippen LogP contribution in [0.2, 0.25) is 0 Å². The predicted molar refractivity (Wildman–Crippen MR) is 134 cm³/mol. The van der Waals surface area contributed by atoms with Gasteiger partial charge in [0.1, 0.15) is 17.7 Å². The largest absolute Gasteiger partial charge is 0.378 e. The fraction of sp³-hybridized carbons (Fsp3) is 0.500. The molecule has 3 heterocycles. The minimum Gasteiger partial charge on any atom is -0.378 e. The van der Waals surface area contributed by atoms with Gasteiger partial charge < -0.3 is 37.5 Å². The van der Waals surface area contributed by atoms with Crippen LogP contribution in [-0.4, -0.2) is 72.6 Å². The van der Waals surface area contributed by atoms with Gasteiger partial charge in [0.25, 0.3) is 5.91 Å². The number of nitrogens with two attached hydrogens (primary N) is 3. The number of carbonyl (C=O) groups is 1. The topological polar surface area (TPSA) is 157 Å². The lowest BCUT2D eigenvalue weighted by molar-refractivity contribution is 0.0692. The number of amidine groups is 1. The number of hydrogen-bond acceptors (Lipinski definition) is 10. The van der Waals surface area contributed by atoms with E-state index in [1.165, 1.54) is 11.8 Å². The van der Waals surface area contributed by atoms with E-state index in [1.54, 1.807) is 18.2 Å². The summed E-state index contributed by atoms with van der Waals surface area (Å²) in [5.74, 6) is 0.287. The summed E-state index contributed by atoms with van der Waals surface area (Å²) >= 11 is 1.44. The molecule has 10 nitrogen and oxygen atoms in total. The number of aromatic nitrogens is 1. The summed E-state index contributed by atoms with van der Waals surface area (Å²) < 4.78 is 5.41. The van der Waals surface area contributed by atoms with Crippen LogP contribution in [0.1, 0.15) is 29.8 Å². The van der Waals surface area contributed by atoms with Gasteiger partial charge in [-0.3, -0.25) is 4.79 Å². The lowest BCUT2D eigenvalue weighted by Gasteiger charge is -2.29. The molecule has 8 N–H and O–H groups in total. The van der Waals surface area contributed by atoms with Crippen molar-refractivity contribution in [1.82, 2.24) is 15.2 Å². The average molecular weight is 475 g/mol. The molecule has 1 amide bonds. The molecule has 0 aromatic carbocycles. The number of carbonyl (C=O) groups excluding carboxylic acids is 1. The highest BCUT2D eigenvalue weighted by Crippen LogP contribution is 2.26. The number of amides is 1. The Morgan fingerprint density at radius 1 is 1.33 bits per heavy atom. The molecule has 0 spiro atoms. The lowest BCUT2D eigenvalue weighted by atomic mass is 10.1. The van der Waals surface area contributed by atoms with Crippen molar-refractivity contribution in [3.8, 4) is 0 Å². The highest BCUT2D eigenvalue weighted by Gasteiger charge is 2.23. The van der Waals surface area contributed by atoms with Crippen molar-refractivity contribution < 1.29 is 9.53 Å². The molecule has 1 saturated heterocycles. The van der Waals surface area contributed by atoms with Crippen molar-refractivity contribution in [1.29, 1.82) is 0 Å². The van der Waals surface area contributed by atoms with E-state index in [-0.39, 0.29) is 17.6 Å². The third kappa shape index (κ3) is 7.83. The predicted octanol–water partition coefficient (Wildman–Crippen LogP) is 0.797. The van der Waals surface area contributed by atoms with Crippen molar-refractivity contribution in [2.45, 2.75) is 31.5 Å². The van der Waals surface area contributed by atoms with Crippen molar-refractivity contribution >= 4 is 28.7 Å². The number of pyridine rings is 1. The van der Waals surface area contributed by atoms with E-state index >= 15 is 0 Å². The molecule has 3 rings (SSSR count). The van der Waals surface area contributed by atoms with Gasteiger partial charge in [-0.1, -0.05) is 30.8 Å². The van der Waals surface area contributed by atoms with E-state index in [0.717, 1.165) is 49.0 Å². The molecule has 2 aliphatic heterocycles. The summed E-state index contributed by atoms with van der Waals surface area (Å²) in [6, 6.07) is 5.33. The van der Waals surface area contributed by atoms with Gasteiger partial charge in [0.15, 0.2) is 5.17 Å². The monoisotopic (exact) mass is 474 g/mol. The number of rotatable bonds is 9. The Labute approximate surface area is 199 Å². The fourth-order valence-corrected chi connectivity index (χ4v) is 4.25. The highest BCUT2D eigenvalue weighted by atomic mass is 32.2. The Balaban J connectivity index is 1.57. The van der Waals surface area contributed by atoms with Gasteiger partial charge >= 0.3 is 0 Å². The number of allylic oxidation sites excluding steroid dienone is 1. The molecule has 2 atom stereocenters. The molecule has 1 aromatic rings. The van der Waals surface area contributed by atoms with Gasteiger partial charge in [0.05, 0.1) is 18.9 Å². The van der Waals surface area contributed by atoms with Gasteiger partial charge in [-0.15, -0.1) is 0 Å². The zero-order chi connectivity index (χ0) is 23.6. The Bertz CT molecular complexity index is 885. The number of nitrogens with zero attached hydrogens (tertiary/aromatic N) is 3. The SMILES string of the molecule is C=C1C=C(NC(=O)c2cccc(NCCCCC(N)CN)n2)C(N)N=C(N2CCOCC2)S1. The van der Waals surface area contributed by atoms with E-state index in [2.05, 4.69) is 32.1 Å². The number of aliphatic imine (C=N–C) groups is 1. The van der Waals surface area contributed by atoms with Gasteiger partial charge in [0, 0.05) is 37.1 Å². The molecule has 180 valence electrons. The molecule has 0 aliphatic carbocycles. The first-order chi connectivity index (χ1) is 16.0. The smallest absolute Gasteiger partial charge is 0.274 e. The van der Waals surface area contributed by atoms with Crippen LogP contribution in [0.25, 0.3) is 0 Å². The van der Waals surface area contributed by atoms with E-state index in [9.17, 15) is 4.79 Å². The summed E-state index contributed by atoms with van der Waals surface area (Å²) in [7, 11) is 0. The number of morpholine rings is 1. The zero-order valence-electron chi connectivity index (χ0n) is 18.8. The van der Waals surface area contributed by atoms with Gasteiger partial charge in [0.2, 0.25) is 0 Å². The Morgan fingerprint density at radius 2 is 2.12 bits per heavy atom. The second kappa shape index (κ2) is 12.7. The number of ether oxygens (including phenoxy) is 1. The van der Waals surface area contributed by atoms with Crippen molar-refractivity contribution in [3.63, 3.8) is 0 Å². The third-order valence-electron chi connectivity index (χ3n) is 5.24. The normalized spacial score (nSPS) is 19.9. The summed E-state index contributed by atoms with van der Waals surface area (Å²) in [6.07, 6.45) is 3.87. The average Bonchev–Trinajstić information content (AvgIpc) is 2.97. The van der Waals surface area contributed by atoms with Gasteiger partial charge in [-0.2, -0.15) is 0 Å². The summed E-state index contributed by atoms with van der Waals surface area (Å²) in [4.78, 5) is 24.8. The molecule has 0 saturated carbocycles. The highest BCUT2D eigenvalue weighted by molar-refractivity contribution is 8.17. The molecule has 2 unspecified atom stereocenters. The Hall–Kier alpha value is -2.44. The maximum Gasteiger partial charge on any atom is 0.274 e. The molecular weight excluding hydrogens is 440 g/mol. The van der Waals surface area contributed by atoms with Gasteiger partial charge in [-0.05, 0) is 31.1 Å². The molecule has 11 heteroatoms. The molecule has 0 bridgehead atoms. The second-order valence-electron chi connectivity index (χ2n) is 7.90. The van der Waals surface area contributed by atoms with Crippen LogP contribution in [0, 0.1) is 0 Å². The van der Waals surface area contributed by atoms with Crippen molar-refractivity contribution in [2.24, 2.45) is 22.2 Å². The first-order valence-corrected chi connectivity index (χ1v) is 12.0. The minimum absolute atomic E-state index is 0.0450. The number of nitrogens with one attached hydrogen (secondary N) is 2. The lowest BCUT2D eigenvalue weighted by Crippen LogP contribution is -2.41. The van der Waals surface area contributed by atoms with Crippen molar-refractivity contribution in [3.05, 3.63) is 47.2 Å². The standard InChI is InChI=1S/C22H34N8O2S/c1-15-13-18(20(25)29-22(33-15)30-9-11-32-12-10-30)28-21(31)17-6-4-7-19(27-17)26-8-3-2-5-16(24)14-23/h4,6-7,13,16,20H,1-3,5,8-12,14,23-25H2,(H,26,27)(H,28,31). The molecule has 33 heavy (non-hydrogen) atoms.